The topological polar surface area (TPSA) is 95.6 Å². The molecule has 1 heterocycles. The Kier molecular flexibility index (Phi) is 5.29. The van der Waals surface area contributed by atoms with Gasteiger partial charge in [-0.15, -0.1) is 0 Å². The number of benzene rings is 2. The maximum Gasteiger partial charge on any atom is 0.251 e. The molecule has 7 nitrogen and oxygen atoms in total. The Hall–Kier alpha value is -2.71. The zero-order valence-electron chi connectivity index (χ0n) is 15.2. The van der Waals surface area contributed by atoms with Crippen LogP contribution in [0.25, 0.3) is 0 Å². The smallest absolute Gasteiger partial charge is 0.251 e. The van der Waals surface area contributed by atoms with Gasteiger partial charge in [0.05, 0.1) is 4.90 Å². The number of aryl methyl sites for hydroxylation is 1. The lowest BCUT2D eigenvalue weighted by molar-refractivity contribution is -0.116. The molecule has 3 rings (SSSR count). The Balaban J connectivity index is 1.77. The molecule has 0 radical (unpaired) electrons. The summed E-state index contributed by atoms with van der Waals surface area (Å²) in [4.78, 5) is 24.1. The Labute approximate surface area is 158 Å². The molecule has 2 amide bonds. The molecule has 0 aliphatic carbocycles. The van der Waals surface area contributed by atoms with Gasteiger partial charge in [-0.25, -0.2) is 12.7 Å². The van der Waals surface area contributed by atoms with Gasteiger partial charge in [-0.3, -0.25) is 9.59 Å². The first-order valence-corrected chi connectivity index (χ1v) is 9.94. The third-order valence-electron chi connectivity index (χ3n) is 4.43. The van der Waals surface area contributed by atoms with Gasteiger partial charge in [0.2, 0.25) is 15.9 Å². The van der Waals surface area contributed by atoms with Crippen molar-refractivity contribution in [3.8, 4) is 0 Å². The highest BCUT2D eigenvalue weighted by atomic mass is 32.2. The Morgan fingerprint density at radius 1 is 1.15 bits per heavy atom. The predicted molar refractivity (Wildman–Crippen MR) is 102 cm³/mol. The zero-order valence-corrected chi connectivity index (χ0v) is 16.0. The number of carbonyl (C=O) groups is 2. The molecule has 0 saturated carbocycles. The van der Waals surface area contributed by atoms with Gasteiger partial charge in [-0.2, -0.15) is 0 Å². The average molecular weight is 387 g/mol. The summed E-state index contributed by atoms with van der Waals surface area (Å²) >= 11 is 0. The van der Waals surface area contributed by atoms with E-state index in [1.54, 1.807) is 36.4 Å². The van der Waals surface area contributed by atoms with Crippen LogP contribution in [0.15, 0.2) is 47.4 Å². The molecule has 2 N–H and O–H groups in total. The molecule has 8 heteroatoms. The van der Waals surface area contributed by atoms with Gasteiger partial charge >= 0.3 is 0 Å². The fraction of sp³-hybridized carbons (Fsp3) is 0.263. The standard InChI is InChI=1S/C19H21N3O4S/c1-22(2)27(25,26)17-6-4-3-5-15(17)12-20-19(24)14-7-9-16-13(11-14)8-10-18(23)21-16/h3-7,9,11H,8,10,12H2,1-2H3,(H,20,24)(H,21,23). The number of amides is 2. The second-order valence-electron chi connectivity index (χ2n) is 6.50. The SMILES string of the molecule is CN(C)S(=O)(=O)c1ccccc1CNC(=O)c1ccc2c(c1)CCC(=O)N2. The largest absolute Gasteiger partial charge is 0.348 e. The van der Waals surface area contributed by atoms with E-state index >= 15 is 0 Å². The van der Waals surface area contributed by atoms with Crippen molar-refractivity contribution < 1.29 is 18.0 Å². The zero-order chi connectivity index (χ0) is 19.6. The summed E-state index contributed by atoms with van der Waals surface area (Å²) in [5.41, 5.74) is 2.63. The van der Waals surface area contributed by atoms with Crippen LogP contribution in [0.3, 0.4) is 0 Å². The first kappa shape index (κ1) is 19.1. The number of fused-ring (bicyclic) bond motifs is 1. The van der Waals surface area contributed by atoms with Crippen LogP contribution in [0.1, 0.15) is 27.9 Å². The molecule has 1 aliphatic heterocycles. The highest BCUT2D eigenvalue weighted by Crippen LogP contribution is 2.24. The molecule has 0 unspecified atom stereocenters. The lowest BCUT2D eigenvalue weighted by atomic mass is 10.00. The van der Waals surface area contributed by atoms with Gasteiger partial charge in [0, 0.05) is 38.3 Å². The number of rotatable bonds is 5. The number of nitrogens with one attached hydrogen (secondary N) is 2. The minimum Gasteiger partial charge on any atom is -0.348 e. The molecule has 0 spiro atoms. The Morgan fingerprint density at radius 3 is 2.63 bits per heavy atom. The Bertz CT molecular complexity index is 1000. The maximum absolute atomic E-state index is 12.5. The third-order valence-corrected chi connectivity index (χ3v) is 6.35. The van der Waals surface area contributed by atoms with E-state index in [0.29, 0.717) is 24.0 Å². The van der Waals surface area contributed by atoms with Gasteiger partial charge in [0.15, 0.2) is 0 Å². The molecule has 0 aromatic heterocycles. The molecule has 2 aromatic carbocycles. The Morgan fingerprint density at radius 2 is 1.89 bits per heavy atom. The molecule has 0 saturated heterocycles. The molecular weight excluding hydrogens is 366 g/mol. The van der Waals surface area contributed by atoms with Gasteiger partial charge in [-0.05, 0) is 41.8 Å². The van der Waals surface area contributed by atoms with E-state index in [2.05, 4.69) is 10.6 Å². The predicted octanol–water partition coefficient (Wildman–Crippen LogP) is 1.75. The number of anilines is 1. The van der Waals surface area contributed by atoms with Gasteiger partial charge < -0.3 is 10.6 Å². The van der Waals surface area contributed by atoms with Crippen LogP contribution in [-0.4, -0.2) is 38.6 Å². The molecule has 0 bridgehead atoms. The summed E-state index contributed by atoms with van der Waals surface area (Å²) in [5.74, 6) is -0.329. The normalized spacial score (nSPS) is 13.8. The second kappa shape index (κ2) is 7.50. The summed E-state index contributed by atoms with van der Waals surface area (Å²) in [6, 6.07) is 11.7. The van der Waals surface area contributed by atoms with Crippen molar-refractivity contribution in [1.29, 1.82) is 0 Å². The van der Waals surface area contributed by atoms with Crippen LogP contribution in [0.5, 0.6) is 0 Å². The molecule has 0 fully saturated rings. The molecule has 0 atom stereocenters. The maximum atomic E-state index is 12.5. The molecule has 1 aliphatic rings. The van der Waals surface area contributed by atoms with Crippen molar-refractivity contribution >= 4 is 27.5 Å². The van der Waals surface area contributed by atoms with E-state index in [0.717, 1.165) is 15.6 Å². The number of nitrogens with zero attached hydrogens (tertiary/aromatic N) is 1. The first-order valence-electron chi connectivity index (χ1n) is 8.50. The molecular formula is C19H21N3O4S. The molecule has 2 aromatic rings. The van der Waals surface area contributed by atoms with Gasteiger partial charge in [0.1, 0.15) is 0 Å². The minimum atomic E-state index is -3.60. The van der Waals surface area contributed by atoms with Crippen LogP contribution < -0.4 is 10.6 Å². The van der Waals surface area contributed by atoms with Crippen molar-refractivity contribution in [2.75, 3.05) is 19.4 Å². The van der Waals surface area contributed by atoms with E-state index in [1.807, 2.05) is 0 Å². The quantitative estimate of drug-likeness (QED) is 0.817. The summed E-state index contributed by atoms with van der Waals surface area (Å²) in [7, 11) is -0.658. The highest BCUT2D eigenvalue weighted by Gasteiger charge is 2.21. The van der Waals surface area contributed by atoms with Crippen LogP contribution in [0.2, 0.25) is 0 Å². The number of hydrogen-bond acceptors (Lipinski definition) is 4. The van der Waals surface area contributed by atoms with E-state index in [-0.39, 0.29) is 23.3 Å². The number of sulfonamides is 1. The van der Waals surface area contributed by atoms with Crippen molar-refractivity contribution in [2.24, 2.45) is 0 Å². The lowest BCUT2D eigenvalue weighted by Gasteiger charge is -2.18. The summed E-state index contributed by atoms with van der Waals surface area (Å²) < 4.78 is 26.0. The van der Waals surface area contributed by atoms with E-state index in [1.165, 1.54) is 20.2 Å². The lowest BCUT2D eigenvalue weighted by Crippen LogP contribution is -2.27. The fourth-order valence-electron chi connectivity index (χ4n) is 2.90. The van der Waals surface area contributed by atoms with Crippen molar-refractivity contribution in [2.45, 2.75) is 24.3 Å². The second-order valence-corrected chi connectivity index (χ2v) is 8.62. The van der Waals surface area contributed by atoms with Crippen LogP contribution in [0.4, 0.5) is 5.69 Å². The van der Waals surface area contributed by atoms with Crippen LogP contribution in [0, 0.1) is 0 Å². The van der Waals surface area contributed by atoms with Crippen molar-refractivity contribution in [1.82, 2.24) is 9.62 Å². The van der Waals surface area contributed by atoms with Gasteiger partial charge in [-0.1, -0.05) is 18.2 Å². The summed E-state index contributed by atoms with van der Waals surface area (Å²) in [6.45, 7) is 0.0932. The van der Waals surface area contributed by atoms with Crippen LogP contribution in [-0.2, 0) is 27.8 Å². The fourth-order valence-corrected chi connectivity index (χ4v) is 4.02. The number of hydrogen-bond donors (Lipinski definition) is 2. The van der Waals surface area contributed by atoms with E-state index in [4.69, 9.17) is 0 Å². The molecule has 27 heavy (non-hydrogen) atoms. The average Bonchev–Trinajstić information content (AvgIpc) is 2.65. The van der Waals surface area contributed by atoms with Gasteiger partial charge in [0.25, 0.3) is 5.91 Å². The third kappa shape index (κ3) is 4.01. The van der Waals surface area contributed by atoms with E-state index in [9.17, 15) is 18.0 Å². The summed E-state index contributed by atoms with van der Waals surface area (Å²) in [6.07, 6.45) is 0.986. The monoisotopic (exact) mass is 387 g/mol. The van der Waals surface area contributed by atoms with Crippen molar-refractivity contribution in [3.05, 3.63) is 59.2 Å². The van der Waals surface area contributed by atoms with Crippen molar-refractivity contribution in [3.63, 3.8) is 0 Å². The molecule has 142 valence electrons. The van der Waals surface area contributed by atoms with Crippen LogP contribution >= 0.6 is 0 Å². The highest BCUT2D eigenvalue weighted by molar-refractivity contribution is 7.89. The first-order chi connectivity index (χ1) is 12.8. The minimum absolute atomic E-state index is 0.0292. The number of carbonyl (C=O) groups excluding carboxylic acids is 2. The summed E-state index contributed by atoms with van der Waals surface area (Å²) in [5, 5.41) is 5.55. The van der Waals surface area contributed by atoms with E-state index < -0.39 is 10.0 Å².